The van der Waals surface area contributed by atoms with Gasteiger partial charge < -0.3 is 24.4 Å². The molecule has 3 fully saturated rings. The molecule has 2 bridgehead atoms. The number of rotatable bonds is 1. The lowest BCUT2D eigenvalue weighted by atomic mass is 9.94. The number of methoxy groups -OCH3 is 1. The fraction of sp³-hybridized carbons (Fsp3) is 1.00. The molecule has 3 aliphatic rings. The van der Waals surface area contributed by atoms with Gasteiger partial charge in [0.1, 0.15) is 24.9 Å². The Kier molecular flexibility index (Phi) is 1.85. The molecule has 0 spiro atoms. The summed E-state index contributed by atoms with van der Waals surface area (Å²) in [6, 6.07) is 0. The van der Waals surface area contributed by atoms with Crippen molar-refractivity contribution in [3.8, 4) is 0 Å². The minimum absolute atomic E-state index is 0.173. The van der Waals surface area contributed by atoms with E-state index in [9.17, 15) is 10.2 Å². The van der Waals surface area contributed by atoms with E-state index in [1.807, 2.05) is 0 Å². The number of ether oxygens (including phenoxy) is 3. The van der Waals surface area contributed by atoms with Crippen LogP contribution in [0.3, 0.4) is 0 Å². The van der Waals surface area contributed by atoms with Crippen molar-refractivity contribution < 1.29 is 24.4 Å². The molecule has 0 aromatic rings. The van der Waals surface area contributed by atoms with E-state index in [0.29, 0.717) is 0 Å². The van der Waals surface area contributed by atoms with Crippen molar-refractivity contribution in [2.24, 2.45) is 0 Å². The fourth-order valence-corrected chi connectivity index (χ4v) is 1.61. The molecule has 0 aromatic carbocycles. The van der Waals surface area contributed by atoms with Crippen LogP contribution in [-0.4, -0.2) is 54.6 Å². The monoisotopic (exact) mass is 176 g/mol. The van der Waals surface area contributed by atoms with Gasteiger partial charge in [-0.1, -0.05) is 0 Å². The Morgan fingerprint density at radius 3 is 2.67 bits per heavy atom. The van der Waals surface area contributed by atoms with Gasteiger partial charge in [0.15, 0.2) is 0 Å². The van der Waals surface area contributed by atoms with Crippen LogP contribution >= 0.6 is 0 Å². The van der Waals surface area contributed by atoms with Gasteiger partial charge in [0.2, 0.25) is 5.79 Å². The maximum Gasteiger partial charge on any atom is 0.221 e. The van der Waals surface area contributed by atoms with Gasteiger partial charge in [0.05, 0.1) is 6.61 Å². The van der Waals surface area contributed by atoms with Crippen LogP contribution in [0.25, 0.3) is 0 Å². The maximum atomic E-state index is 9.54. The number of hydrogen-bond acceptors (Lipinski definition) is 5. The average molecular weight is 176 g/mol. The molecule has 3 saturated heterocycles. The molecule has 3 rings (SSSR count). The number of aliphatic hydroxyl groups is 2. The van der Waals surface area contributed by atoms with Gasteiger partial charge in [0, 0.05) is 7.11 Å². The van der Waals surface area contributed by atoms with E-state index in [-0.39, 0.29) is 13.2 Å². The Bertz CT molecular complexity index is 175. The minimum atomic E-state index is -1.16. The largest absolute Gasteiger partial charge is 0.387 e. The van der Waals surface area contributed by atoms with E-state index < -0.39 is 24.1 Å². The predicted octanol–water partition coefficient (Wildman–Crippen LogP) is -1.52. The van der Waals surface area contributed by atoms with Crippen LogP contribution in [0.5, 0.6) is 0 Å². The van der Waals surface area contributed by atoms with Gasteiger partial charge >= 0.3 is 0 Å². The maximum absolute atomic E-state index is 9.54. The molecule has 4 atom stereocenters. The average Bonchev–Trinajstić information content (AvgIpc) is 2.14. The molecular formula is C7H12O5. The lowest BCUT2D eigenvalue weighted by Crippen LogP contribution is -2.69. The van der Waals surface area contributed by atoms with Gasteiger partial charge in [-0.25, -0.2) is 0 Å². The van der Waals surface area contributed by atoms with E-state index in [0.717, 1.165) is 0 Å². The zero-order valence-corrected chi connectivity index (χ0v) is 6.77. The second kappa shape index (κ2) is 2.65. The Morgan fingerprint density at radius 2 is 2.25 bits per heavy atom. The van der Waals surface area contributed by atoms with Crippen LogP contribution in [-0.2, 0) is 14.2 Å². The molecule has 3 heterocycles. The molecule has 0 aromatic heterocycles. The summed E-state index contributed by atoms with van der Waals surface area (Å²) in [6.45, 7) is 0.443. The van der Waals surface area contributed by atoms with E-state index in [4.69, 9.17) is 14.2 Å². The minimum Gasteiger partial charge on any atom is -0.387 e. The van der Waals surface area contributed by atoms with Crippen molar-refractivity contribution in [1.82, 2.24) is 0 Å². The molecular weight excluding hydrogens is 164 g/mol. The Morgan fingerprint density at radius 1 is 1.50 bits per heavy atom. The lowest BCUT2D eigenvalue weighted by Gasteiger charge is -2.50. The van der Waals surface area contributed by atoms with Crippen LogP contribution in [0.2, 0.25) is 0 Å². The SMILES string of the molecule is CO[C@]12CO[C@H](CO1)[C@@H](O)[C@@H]2O. The summed E-state index contributed by atoms with van der Waals surface area (Å²) in [5, 5.41) is 19.0. The summed E-state index contributed by atoms with van der Waals surface area (Å²) >= 11 is 0. The van der Waals surface area contributed by atoms with Gasteiger partial charge in [-0.15, -0.1) is 0 Å². The van der Waals surface area contributed by atoms with Crippen LogP contribution in [0.1, 0.15) is 0 Å². The first-order chi connectivity index (χ1) is 5.69. The highest BCUT2D eigenvalue weighted by Crippen LogP contribution is 2.33. The van der Waals surface area contributed by atoms with E-state index in [1.54, 1.807) is 0 Å². The number of hydrogen-bond donors (Lipinski definition) is 2. The molecule has 70 valence electrons. The summed E-state index contributed by atoms with van der Waals surface area (Å²) in [6.07, 6.45) is -2.35. The van der Waals surface area contributed by atoms with Crippen molar-refractivity contribution >= 4 is 0 Å². The first-order valence-electron chi connectivity index (χ1n) is 3.86. The highest BCUT2D eigenvalue weighted by molar-refractivity contribution is 4.97. The third-order valence-corrected chi connectivity index (χ3v) is 2.49. The zero-order chi connectivity index (χ0) is 8.77. The van der Waals surface area contributed by atoms with Gasteiger partial charge in [-0.05, 0) is 0 Å². The molecule has 5 heteroatoms. The fourth-order valence-electron chi connectivity index (χ4n) is 1.61. The molecule has 0 aliphatic carbocycles. The predicted molar refractivity (Wildman–Crippen MR) is 37.4 cm³/mol. The first kappa shape index (κ1) is 8.40. The number of fused-ring (bicyclic) bond motifs is 3. The van der Waals surface area contributed by atoms with Crippen LogP contribution < -0.4 is 0 Å². The highest BCUT2D eigenvalue weighted by atomic mass is 16.7. The summed E-state index contributed by atoms with van der Waals surface area (Å²) in [4.78, 5) is 0. The lowest BCUT2D eigenvalue weighted by molar-refractivity contribution is -0.392. The smallest absolute Gasteiger partial charge is 0.221 e. The topological polar surface area (TPSA) is 68.2 Å². The van der Waals surface area contributed by atoms with Crippen molar-refractivity contribution in [2.75, 3.05) is 20.3 Å². The van der Waals surface area contributed by atoms with Crippen molar-refractivity contribution in [1.29, 1.82) is 0 Å². The van der Waals surface area contributed by atoms with Gasteiger partial charge in [-0.3, -0.25) is 0 Å². The summed E-state index contributed by atoms with van der Waals surface area (Å²) in [7, 11) is 1.42. The van der Waals surface area contributed by atoms with Crippen LogP contribution in [0.4, 0.5) is 0 Å². The molecule has 0 unspecified atom stereocenters. The van der Waals surface area contributed by atoms with E-state index in [2.05, 4.69) is 0 Å². The number of aliphatic hydroxyl groups excluding tert-OH is 2. The van der Waals surface area contributed by atoms with Crippen molar-refractivity contribution in [3.05, 3.63) is 0 Å². The standard InChI is InChI=1S/C7H12O5/c1-10-7-3-11-4(2-12-7)5(8)6(7)9/h4-6,8-9H,2-3H2,1H3/t4-,5-,6+,7-/m1/s1. The Hall–Kier alpha value is -0.200. The first-order valence-corrected chi connectivity index (χ1v) is 3.86. The third-order valence-electron chi connectivity index (χ3n) is 2.49. The Balaban J connectivity index is 2.22. The zero-order valence-electron chi connectivity index (χ0n) is 6.77. The van der Waals surface area contributed by atoms with E-state index >= 15 is 0 Å². The summed E-state index contributed by atoms with van der Waals surface area (Å²) in [5.41, 5.74) is 0. The molecule has 2 N–H and O–H groups in total. The molecule has 12 heavy (non-hydrogen) atoms. The second-order valence-corrected chi connectivity index (χ2v) is 3.11. The molecule has 3 aliphatic heterocycles. The Labute approximate surface area is 69.8 Å². The van der Waals surface area contributed by atoms with E-state index in [1.165, 1.54) is 7.11 Å². The quantitative estimate of drug-likeness (QED) is 0.508. The molecule has 0 amide bonds. The van der Waals surface area contributed by atoms with Crippen molar-refractivity contribution in [2.45, 2.75) is 24.1 Å². The molecule has 5 nitrogen and oxygen atoms in total. The van der Waals surface area contributed by atoms with Crippen LogP contribution in [0, 0.1) is 0 Å². The third kappa shape index (κ3) is 0.915. The van der Waals surface area contributed by atoms with Crippen LogP contribution in [0.15, 0.2) is 0 Å². The summed E-state index contributed by atoms with van der Waals surface area (Å²) < 4.78 is 15.4. The van der Waals surface area contributed by atoms with Gasteiger partial charge in [0.25, 0.3) is 0 Å². The summed E-state index contributed by atoms with van der Waals surface area (Å²) in [5.74, 6) is -1.16. The molecule has 0 saturated carbocycles. The van der Waals surface area contributed by atoms with Crippen molar-refractivity contribution in [3.63, 3.8) is 0 Å². The highest BCUT2D eigenvalue weighted by Gasteiger charge is 2.55. The normalized spacial score (nSPS) is 52.8. The van der Waals surface area contributed by atoms with Gasteiger partial charge in [-0.2, -0.15) is 0 Å². The molecule has 0 radical (unpaired) electrons. The second-order valence-electron chi connectivity index (χ2n) is 3.11.